The lowest BCUT2D eigenvalue weighted by Crippen LogP contribution is -2.37. The Bertz CT molecular complexity index is 1870. The van der Waals surface area contributed by atoms with Gasteiger partial charge < -0.3 is 29.8 Å². The van der Waals surface area contributed by atoms with E-state index in [2.05, 4.69) is 30.2 Å². The number of anilines is 3. The zero-order valence-corrected chi connectivity index (χ0v) is 27.6. The van der Waals surface area contributed by atoms with Crippen LogP contribution in [0.2, 0.25) is 0 Å². The van der Waals surface area contributed by atoms with Crippen LogP contribution in [-0.2, 0) is 28.4 Å². The van der Waals surface area contributed by atoms with Gasteiger partial charge in [0.05, 0.1) is 55.8 Å². The molecule has 0 spiro atoms. The molecule has 2 fully saturated rings. The van der Waals surface area contributed by atoms with Crippen LogP contribution in [-0.4, -0.2) is 87.5 Å². The standard InChI is InChI=1S/C30H38N10O6S/c1-19-13-20(2)34-29(33-19)35-21-5-7-24(8-6-21)46-28-25-14-22(16-31-26(25)15-27(36-28)38-9-11-45-12-10-38)39(47(4,43)44)18-23-17-32-30(37(23)3)40(41)42/h13-17,21,24H,5-12,18H2,1-4H3,(H,33,34,35). The maximum atomic E-state index is 13.0. The number of pyridine rings is 2. The third-order valence-corrected chi connectivity index (χ3v) is 9.58. The molecular formula is C30H38N10O6S. The molecule has 0 atom stereocenters. The fourth-order valence-corrected chi connectivity index (χ4v) is 6.85. The summed E-state index contributed by atoms with van der Waals surface area (Å²) in [5.41, 5.74) is 3.05. The van der Waals surface area contributed by atoms with Gasteiger partial charge in [-0.1, -0.05) is 4.98 Å². The summed E-state index contributed by atoms with van der Waals surface area (Å²) in [5, 5.41) is 15.4. The summed E-state index contributed by atoms with van der Waals surface area (Å²) in [4.78, 5) is 35.3. The molecule has 4 aromatic rings. The molecule has 0 aromatic carbocycles. The lowest BCUT2D eigenvalue weighted by atomic mass is 9.93. The van der Waals surface area contributed by atoms with Crippen molar-refractivity contribution < 1.29 is 22.8 Å². The number of nitrogens with one attached hydrogen (secondary N) is 1. The number of ether oxygens (including phenoxy) is 2. The van der Waals surface area contributed by atoms with Crippen LogP contribution in [0.15, 0.2) is 30.6 Å². The maximum Gasteiger partial charge on any atom is 0.434 e. The van der Waals surface area contributed by atoms with Gasteiger partial charge in [0.25, 0.3) is 0 Å². The summed E-state index contributed by atoms with van der Waals surface area (Å²) in [6, 6.07) is 5.72. The molecule has 1 aliphatic carbocycles. The molecule has 1 N–H and O–H groups in total. The van der Waals surface area contributed by atoms with Gasteiger partial charge in [0, 0.05) is 36.6 Å². The van der Waals surface area contributed by atoms with Crippen LogP contribution in [0.3, 0.4) is 0 Å². The molecule has 1 saturated heterocycles. The minimum absolute atomic E-state index is 0.117. The van der Waals surface area contributed by atoms with Gasteiger partial charge in [0.15, 0.2) is 0 Å². The monoisotopic (exact) mass is 666 g/mol. The second kappa shape index (κ2) is 13.2. The Hall–Kier alpha value is -4.64. The van der Waals surface area contributed by atoms with Crippen LogP contribution in [0.1, 0.15) is 42.8 Å². The van der Waals surface area contributed by atoms with Crippen molar-refractivity contribution in [2.75, 3.05) is 47.1 Å². The molecule has 0 unspecified atom stereocenters. The highest BCUT2D eigenvalue weighted by atomic mass is 32.2. The summed E-state index contributed by atoms with van der Waals surface area (Å²) in [7, 11) is -2.36. The van der Waals surface area contributed by atoms with E-state index in [1.54, 1.807) is 6.07 Å². The van der Waals surface area contributed by atoms with E-state index in [9.17, 15) is 18.5 Å². The van der Waals surface area contributed by atoms with E-state index < -0.39 is 14.9 Å². The average molecular weight is 667 g/mol. The van der Waals surface area contributed by atoms with Gasteiger partial charge in [0.2, 0.25) is 21.9 Å². The Balaban J connectivity index is 1.29. The van der Waals surface area contributed by atoms with Crippen molar-refractivity contribution in [3.05, 3.63) is 57.8 Å². The van der Waals surface area contributed by atoms with Crippen LogP contribution in [0.5, 0.6) is 5.88 Å². The van der Waals surface area contributed by atoms with Gasteiger partial charge in [-0.25, -0.2) is 23.0 Å². The Kier molecular flexibility index (Phi) is 9.09. The summed E-state index contributed by atoms with van der Waals surface area (Å²) in [6.45, 7) is 6.23. The molecule has 5 heterocycles. The van der Waals surface area contributed by atoms with Crippen LogP contribution >= 0.6 is 0 Å². The lowest BCUT2D eigenvalue weighted by molar-refractivity contribution is -0.396. The first-order chi connectivity index (χ1) is 22.4. The first kappa shape index (κ1) is 32.3. The van der Waals surface area contributed by atoms with E-state index in [0.29, 0.717) is 60.5 Å². The van der Waals surface area contributed by atoms with E-state index in [4.69, 9.17) is 14.5 Å². The van der Waals surface area contributed by atoms with E-state index >= 15 is 0 Å². The van der Waals surface area contributed by atoms with Crippen LogP contribution in [0, 0.1) is 24.0 Å². The number of rotatable bonds is 10. The van der Waals surface area contributed by atoms with E-state index in [0.717, 1.165) is 47.6 Å². The van der Waals surface area contributed by atoms with Gasteiger partial charge in [-0.2, -0.15) is 4.98 Å². The van der Waals surface area contributed by atoms with E-state index in [1.807, 2.05) is 26.0 Å². The van der Waals surface area contributed by atoms with Crippen molar-refractivity contribution in [3.8, 4) is 5.88 Å². The van der Waals surface area contributed by atoms with E-state index in [1.165, 1.54) is 24.0 Å². The third-order valence-electron chi connectivity index (χ3n) is 8.44. The zero-order valence-electron chi connectivity index (χ0n) is 26.8. The third kappa shape index (κ3) is 7.35. The number of nitro groups is 1. The number of imidazole rings is 1. The fraction of sp³-hybridized carbons (Fsp3) is 0.500. The molecule has 17 heteroatoms. The second-order valence-electron chi connectivity index (χ2n) is 12.0. The normalized spacial score (nSPS) is 18.7. The zero-order chi connectivity index (χ0) is 33.3. The highest BCUT2D eigenvalue weighted by Gasteiger charge is 2.28. The molecule has 47 heavy (non-hydrogen) atoms. The van der Waals surface area contributed by atoms with Crippen molar-refractivity contribution in [2.45, 2.75) is 58.2 Å². The topological polar surface area (TPSA) is 184 Å². The largest absolute Gasteiger partial charge is 0.474 e. The Morgan fingerprint density at radius 1 is 1.04 bits per heavy atom. The molecule has 0 amide bonds. The van der Waals surface area contributed by atoms with Crippen LogP contribution in [0.4, 0.5) is 23.4 Å². The number of nitrogens with zero attached hydrogens (tertiary/aromatic N) is 9. The lowest BCUT2D eigenvalue weighted by Gasteiger charge is -2.31. The van der Waals surface area contributed by atoms with Crippen molar-refractivity contribution in [1.29, 1.82) is 0 Å². The Labute approximate surface area is 272 Å². The summed E-state index contributed by atoms with van der Waals surface area (Å²) in [5.74, 6) is 1.33. The number of hydrogen-bond donors (Lipinski definition) is 1. The van der Waals surface area contributed by atoms with Crippen LogP contribution in [0.25, 0.3) is 10.9 Å². The Morgan fingerprint density at radius 3 is 2.38 bits per heavy atom. The number of morpholine rings is 1. The summed E-state index contributed by atoms with van der Waals surface area (Å²) in [6.07, 6.45) is 6.99. The van der Waals surface area contributed by atoms with Crippen molar-refractivity contribution >= 4 is 44.3 Å². The number of hydrogen-bond acceptors (Lipinski definition) is 13. The number of aromatic nitrogens is 6. The minimum Gasteiger partial charge on any atom is -0.474 e. The second-order valence-corrected chi connectivity index (χ2v) is 13.9. The molecular weight excluding hydrogens is 628 g/mol. The van der Waals surface area contributed by atoms with Crippen molar-refractivity contribution in [2.24, 2.45) is 7.05 Å². The quantitative estimate of drug-likeness (QED) is 0.192. The molecule has 0 bridgehead atoms. The molecule has 250 valence electrons. The van der Waals surface area contributed by atoms with Gasteiger partial charge in [0.1, 0.15) is 23.8 Å². The molecule has 1 aliphatic heterocycles. The smallest absolute Gasteiger partial charge is 0.434 e. The first-order valence-electron chi connectivity index (χ1n) is 15.5. The van der Waals surface area contributed by atoms with Gasteiger partial charge in [-0.05, 0) is 56.6 Å². The number of sulfonamides is 1. The average Bonchev–Trinajstić information content (AvgIpc) is 3.40. The predicted molar refractivity (Wildman–Crippen MR) is 175 cm³/mol. The van der Waals surface area contributed by atoms with Gasteiger partial charge >= 0.3 is 5.95 Å². The SMILES string of the molecule is Cc1cc(C)nc(NC2CCC(Oc3nc(N4CCOCC4)cc4ncc(N(Cc5cnc([N+](=O)[O-])n5C)S(C)(=O)=O)cc34)CC2)n1. The number of aryl methyl sites for hydroxylation is 2. The predicted octanol–water partition coefficient (Wildman–Crippen LogP) is 3.28. The van der Waals surface area contributed by atoms with Crippen molar-refractivity contribution in [3.63, 3.8) is 0 Å². The molecule has 1 saturated carbocycles. The first-order valence-corrected chi connectivity index (χ1v) is 17.3. The molecule has 4 aromatic heterocycles. The molecule has 6 rings (SSSR count). The van der Waals surface area contributed by atoms with Gasteiger partial charge in [-0.3, -0.25) is 9.29 Å². The van der Waals surface area contributed by atoms with Crippen molar-refractivity contribution in [1.82, 2.24) is 29.5 Å². The highest BCUT2D eigenvalue weighted by molar-refractivity contribution is 7.92. The van der Waals surface area contributed by atoms with Crippen LogP contribution < -0.4 is 19.3 Å². The maximum absolute atomic E-state index is 13.0. The molecule has 0 radical (unpaired) electrons. The molecule has 16 nitrogen and oxygen atoms in total. The fourth-order valence-electron chi connectivity index (χ4n) is 6.00. The summed E-state index contributed by atoms with van der Waals surface area (Å²) < 4.78 is 40.6. The number of fused-ring (bicyclic) bond motifs is 1. The minimum atomic E-state index is -3.83. The molecule has 2 aliphatic rings. The summed E-state index contributed by atoms with van der Waals surface area (Å²) >= 11 is 0. The Morgan fingerprint density at radius 2 is 1.74 bits per heavy atom. The van der Waals surface area contributed by atoms with Gasteiger partial charge in [-0.15, -0.1) is 0 Å². The van der Waals surface area contributed by atoms with E-state index in [-0.39, 0.29) is 30.3 Å². The highest BCUT2D eigenvalue weighted by Crippen LogP contribution is 2.34.